The Kier molecular flexibility index (Phi) is 5.67. The molecule has 0 spiro atoms. The summed E-state index contributed by atoms with van der Waals surface area (Å²) < 4.78 is 22.4. The fraction of sp³-hybridized carbons (Fsp3) is 0.278. The summed E-state index contributed by atoms with van der Waals surface area (Å²) in [6.45, 7) is 1.63. The number of nitrogens with two attached hydrogens (primary N) is 1. The molecular weight excluding hydrogens is 346 g/mol. The van der Waals surface area contributed by atoms with Crippen LogP contribution < -0.4 is 5.73 Å². The molecule has 0 saturated heterocycles. The molecule has 2 aromatic carbocycles. The van der Waals surface area contributed by atoms with Crippen LogP contribution in [0.4, 0.5) is 0 Å². The third-order valence-electron chi connectivity index (χ3n) is 3.92. The first kappa shape index (κ1) is 18.5. The fourth-order valence-electron chi connectivity index (χ4n) is 2.76. The van der Waals surface area contributed by atoms with Gasteiger partial charge in [-0.15, -0.1) is 0 Å². The van der Waals surface area contributed by atoms with Crippen molar-refractivity contribution in [1.29, 1.82) is 0 Å². The van der Waals surface area contributed by atoms with Gasteiger partial charge >= 0.3 is 0 Å². The molecule has 0 unspecified atom stereocenters. The summed E-state index contributed by atoms with van der Waals surface area (Å²) >= 11 is 5.82. The van der Waals surface area contributed by atoms with Crippen molar-refractivity contribution in [2.45, 2.75) is 31.1 Å². The van der Waals surface area contributed by atoms with Crippen LogP contribution in [0.5, 0.6) is 0 Å². The molecule has 0 aromatic heterocycles. The maximum Gasteiger partial charge on any atom is 0.248 e. The van der Waals surface area contributed by atoms with E-state index in [1.165, 1.54) is 48.6 Å². The lowest BCUT2D eigenvalue weighted by atomic mass is 10.1. The normalized spacial score (nSPS) is 13.0. The molecule has 0 aliphatic heterocycles. The number of hydrogen-bond acceptors (Lipinski definition) is 3. The number of carbonyl (C=O) groups is 1. The average molecular weight is 366 g/mol. The fourth-order valence-corrected chi connectivity index (χ4v) is 3.91. The Morgan fingerprint density at radius 2 is 1.75 bits per heavy atom. The summed E-state index contributed by atoms with van der Waals surface area (Å²) in [4.78, 5) is 11.0. The van der Waals surface area contributed by atoms with E-state index in [2.05, 4.69) is 12.1 Å². The molecule has 0 radical (unpaired) electrons. The molecule has 6 heteroatoms. The van der Waals surface area contributed by atoms with E-state index in [1.807, 2.05) is 6.07 Å². The van der Waals surface area contributed by atoms with Crippen molar-refractivity contribution in [3.05, 3.63) is 63.7 Å². The van der Waals surface area contributed by atoms with Crippen LogP contribution in [-0.2, 0) is 22.7 Å². The molecule has 1 amide bonds. The number of primary amides is 1. The number of carbonyl (C=O) groups excluding carboxylic acids is 1. The van der Waals surface area contributed by atoms with Gasteiger partial charge in [0.15, 0.2) is 9.84 Å². The van der Waals surface area contributed by atoms with Crippen molar-refractivity contribution in [2.24, 2.45) is 5.73 Å². The number of halogens is 1. The molecule has 1 aliphatic rings. The van der Waals surface area contributed by atoms with Gasteiger partial charge in [-0.2, -0.15) is 0 Å². The van der Waals surface area contributed by atoms with E-state index in [4.69, 9.17) is 17.3 Å². The van der Waals surface area contributed by atoms with Gasteiger partial charge in [-0.1, -0.05) is 17.7 Å². The molecule has 2 N–H and O–H groups in total. The lowest BCUT2D eigenvalue weighted by Crippen LogP contribution is -2.12. The Labute approximate surface area is 147 Å². The maximum absolute atomic E-state index is 11.2. The number of sulfone groups is 1. The summed E-state index contributed by atoms with van der Waals surface area (Å²) in [5.74, 6) is -0.562. The van der Waals surface area contributed by atoms with Gasteiger partial charge < -0.3 is 5.73 Å². The minimum absolute atomic E-state index is 0.225. The predicted octanol–water partition coefficient (Wildman–Crippen LogP) is 3.33. The smallest absolute Gasteiger partial charge is 0.248 e. The summed E-state index contributed by atoms with van der Waals surface area (Å²) in [6.07, 6.45) is 4.89. The summed E-state index contributed by atoms with van der Waals surface area (Å²) in [5, 5.41) is 0.876. The number of amides is 1. The quantitative estimate of drug-likeness (QED) is 0.886. The highest BCUT2D eigenvalue weighted by Gasteiger charge is 2.12. The van der Waals surface area contributed by atoms with Gasteiger partial charge in [-0.3, -0.25) is 4.79 Å². The lowest BCUT2D eigenvalue weighted by molar-refractivity contribution is 0.1000. The SMILES string of the molecule is Cc1cc(C(N)=O)ccc1S(C)(=O)=O.Clc1ccc2c(c1)CCC2. The highest BCUT2D eigenvalue weighted by atomic mass is 35.5. The van der Waals surface area contributed by atoms with Crippen LogP contribution in [-0.4, -0.2) is 20.6 Å². The topological polar surface area (TPSA) is 77.2 Å². The van der Waals surface area contributed by atoms with Gasteiger partial charge in [0.05, 0.1) is 4.90 Å². The number of fused-ring (bicyclic) bond motifs is 1. The zero-order chi connectivity index (χ0) is 17.9. The van der Waals surface area contributed by atoms with Crippen molar-refractivity contribution in [1.82, 2.24) is 0 Å². The second-order valence-corrected chi connectivity index (χ2v) is 8.30. The monoisotopic (exact) mass is 365 g/mol. The molecule has 2 aromatic rings. The molecule has 3 rings (SSSR count). The van der Waals surface area contributed by atoms with Crippen molar-refractivity contribution in [3.63, 3.8) is 0 Å². The van der Waals surface area contributed by atoms with Crippen molar-refractivity contribution >= 4 is 27.3 Å². The molecule has 128 valence electrons. The van der Waals surface area contributed by atoms with Crippen LogP contribution in [0.1, 0.15) is 33.5 Å². The van der Waals surface area contributed by atoms with Crippen LogP contribution in [0.25, 0.3) is 0 Å². The molecule has 1 aliphatic carbocycles. The third kappa shape index (κ3) is 4.58. The first-order valence-electron chi connectivity index (χ1n) is 7.56. The lowest BCUT2D eigenvalue weighted by Gasteiger charge is -2.04. The second-order valence-electron chi connectivity index (χ2n) is 5.88. The van der Waals surface area contributed by atoms with Crippen LogP contribution >= 0.6 is 11.6 Å². The van der Waals surface area contributed by atoms with Crippen LogP contribution in [0.2, 0.25) is 5.02 Å². The van der Waals surface area contributed by atoms with Gasteiger partial charge in [-0.05, 0) is 73.2 Å². The van der Waals surface area contributed by atoms with E-state index < -0.39 is 15.7 Å². The van der Waals surface area contributed by atoms with Crippen molar-refractivity contribution < 1.29 is 13.2 Å². The first-order valence-corrected chi connectivity index (χ1v) is 9.83. The molecule has 0 heterocycles. The van der Waals surface area contributed by atoms with Crippen LogP contribution in [0.3, 0.4) is 0 Å². The average Bonchev–Trinajstić information content (AvgIpc) is 2.93. The third-order valence-corrected chi connectivity index (χ3v) is 5.41. The van der Waals surface area contributed by atoms with Crippen LogP contribution in [0, 0.1) is 6.92 Å². The zero-order valence-corrected chi connectivity index (χ0v) is 15.2. The minimum atomic E-state index is -3.23. The van der Waals surface area contributed by atoms with Gasteiger partial charge in [0.2, 0.25) is 5.91 Å². The highest BCUT2D eigenvalue weighted by Crippen LogP contribution is 2.24. The van der Waals surface area contributed by atoms with Gasteiger partial charge in [-0.25, -0.2) is 8.42 Å². The molecule has 0 bridgehead atoms. The molecule has 24 heavy (non-hydrogen) atoms. The van der Waals surface area contributed by atoms with E-state index >= 15 is 0 Å². The predicted molar refractivity (Wildman–Crippen MR) is 96.3 cm³/mol. The van der Waals surface area contributed by atoms with Crippen molar-refractivity contribution in [3.8, 4) is 0 Å². The van der Waals surface area contributed by atoms with Gasteiger partial charge in [0.25, 0.3) is 0 Å². The maximum atomic E-state index is 11.2. The molecule has 0 fully saturated rings. The summed E-state index contributed by atoms with van der Waals surface area (Å²) in [6, 6.07) is 10.5. The highest BCUT2D eigenvalue weighted by molar-refractivity contribution is 7.90. The van der Waals surface area contributed by atoms with Crippen LogP contribution in [0.15, 0.2) is 41.3 Å². The minimum Gasteiger partial charge on any atom is -0.366 e. The summed E-state index contributed by atoms with van der Waals surface area (Å²) in [5.41, 5.74) is 8.84. The van der Waals surface area contributed by atoms with E-state index in [-0.39, 0.29) is 4.90 Å². The number of hydrogen-bond donors (Lipinski definition) is 1. The zero-order valence-electron chi connectivity index (χ0n) is 13.7. The number of aryl methyl sites for hydroxylation is 3. The van der Waals surface area contributed by atoms with Gasteiger partial charge in [0, 0.05) is 16.8 Å². The van der Waals surface area contributed by atoms with E-state index in [0.717, 1.165) is 11.3 Å². The molecule has 0 saturated carbocycles. The van der Waals surface area contributed by atoms with Crippen molar-refractivity contribution in [2.75, 3.05) is 6.26 Å². The molecular formula is C18H20ClNO3S. The van der Waals surface area contributed by atoms with E-state index in [1.54, 1.807) is 6.92 Å². The van der Waals surface area contributed by atoms with E-state index in [9.17, 15) is 13.2 Å². The summed E-state index contributed by atoms with van der Waals surface area (Å²) in [7, 11) is -3.23. The van der Waals surface area contributed by atoms with Gasteiger partial charge in [0.1, 0.15) is 0 Å². The molecule has 0 atom stereocenters. The Hall–Kier alpha value is -1.85. The molecule has 4 nitrogen and oxygen atoms in total. The Bertz CT molecular complexity index is 876. The Balaban J connectivity index is 0.000000182. The standard InChI is InChI=1S/C9H9Cl.C9H11NO3S/c10-9-5-4-7-2-1-3-8(7)6-9;1-6-5-7(9(10)11)3-4-8(6)14(2,12)13/h4-6H,1-3H2;3-5H,1-2H3,(H2,10,11). The number of benzene rings is 2. The largest absolute Gasteiger partial charge is 0.366 e. The van der Waals surface area contributed by atoms with E-state index in [0.29, 0.717) is 11.1 Å². The number of rotatable bonds is 2. The first-order chi connectivity index (χ1) is 11.2. The second kappa shape index (κ2) is 7.36. The Morgan fingerprint density at radius 3 is 2.33 bits per heavy atom. The Morgan fingerprint density at radius 1 is 1.08 bits per heavy atom.